The number of carbonyl (C=O) groups excluding carboxylic acids is 3. The van der Waals surface area contributed by atoms with Gasteiger partial charge in [0.05, 0.1) is 12.0 Å². The van der Waals surface area contributed by atoms with E-state index >= 15 is 0 Å². The Labute approximate surface area is 197 Å². The average molecular weight is 459 g/mol. The van der Waals surface area contributed by atoms with Gasteiger partial charge in [0.25, 0.3) is 0 Å². The summed E-state index contributed by atoms with van der Waals surface area (Å²) in [7, 11) is 0. The molecule has 1 N–H and O–H groups in total. The minimum Gasteiger partial charge on any atom is -0.459 e. The number of hydrogen-bond donors (Lipinski definition) is 1. The van der Waals surface area contributed by atoms with Gasteiger partial charge < -0.3 is 14.6 Å². The van der Waals surface area contributed by atoms with Gasteiger partial charge in [0.1, 0.15) is 19.3 Å². The number of nitrogens with zero attached hydrogens (tertiary/aromatic N) is 1. The van der Waals surface area contributed by atoms with E-state index in [9.17, 15) is 19.5 Å². The molecule has 2 amide bonds. The molecule has 3 atom stereocenters. The van der Waals surface area contributed by atoms with Crippen LogP contribution in [-0.4, -0.2) is 34.0 Å². The number of ether oxygens (including phenoxy) is 2. The van der Waals surface area contributed by atoms with Crippen molar-refractivity contribution in [2.75, 3.05) is 0 Å². The number of amides is 2. The van der Waals surface area contributed by atoms with Crippen LogP contribution >= 0.6 is 0 Å². The largest absolute Gasteiger partial charge is 0.459 e. The van der Waals surface area contributed by atoms with Crippen LogP contribution in [0.3, 0.4) is 0 Å². The maximum Gasteiger partial charge on any atom is 0.417 e. The van der Waals surface area contributed by atoms with Gasteiger partial charge in [-0.05, 0) is 23.1 Å². The van der Waals surface area contributed by atoms with Gasteiger partial charge in [-0.1, -0.05) is 91.0 Å². The van der Waals surface area contributed by atoms with Crippen molar-refractivity contribution < 1.29 is 29.0 Å². The summed E-state index contributed by atoms with van der Waals surface area (Å²) in [6.45, 7) is -0.0513. The van der Waals surface area contributed by atoms with E-state index in [0.717, 1.165) is 16.0 Å². The molecule has 0 radical (unpaired) electrons. The molecule has 1 fully saturated rings. The van der Waals surface area contributed by atoms with E-state index in [1.54, 1.807) is 66.7 Å². The first-order chi connectivity index (χ1) is 16.5. The molecule has 1 aliphatic heterocycles. The van der Waals surface area contributed by atoms with Gasteiger partial charge in [-0.3, -0.25) is 4.79 Å². The first-order valence-electron chi connectivity index (χ1n) is 11.0. The van der Waals surface area contributed by atoms with Crippen LogP contribution in [0.15, 0.2) is 91.0 Å². The monoisotopic (exact) mass is 459 g/mol. The first kappa shape index (κ1) is 23.2. The molecule has 7 heteroatoms. The Hall–Kier alpha value is -3.97. The third-order valence-corrected chi connectivity index (χ3v) is 5.76. The summed E-state index contributed by atoms with van der Waals surface area (Å²) in [5, 5.41) is 10.9. The molecule has 0 spiro atoms. The molecule has 3 aromatic rings. The number of aliphatic hydroxyl groups excluding tert-OH is 1. The zero-order valence-electron chi connectivity index (χ0n) is 18.4. The summed E-state index contributed by atoms with van der Waals surface area (Å²) in [6.07, 6.45) is -2.19. The standard InChI is InChI=1S/C27H25NO6/c29-24(21-14-8-3-9-15-21)22-16-23(26(31)33-17-19-10-4-1-5-11-19)28(25(22)30)27(32)34-18-20-12-6-2-7-13-20/h1-15,22-24,29H,16-18H2/t22?,23-,24?/m0/s1. The van der Waals surface area contributed by atoms with E-state index in [1.807, 2.05) is 24.3 Å². The van der Waals surface area contributed by atoms with Crippen molar-refractivity contribution in [2.45, 2.75) is 31.8 Å². The zero-order chi connectivity index (χ0) is 23.9. The molecule has 7 nitrogen and oxygen atoms in total. The lowest BCUT2D eigenvalue weighted by Gasteiger charge is -2.21. The van der Waals surface area contributed by atoms with Gasteiger partial charge in [0.15, 0.2) is 0 Å². The number of imide groups is 1. The van der Waals surface area contributed by atoms with Crippen molar-refractivity contribution in [1.29, 1.82) is 0 Å². The van der Waals surface area contributed by atoms with Crippen LogP contribution in [0.4, 0.5) is 4.79 Å². The molecule has 0 aromatic heterocycles. The molecule has 3 aromatic carbocycles. The second-order valence-electron chi connectivity index (χ2n) is 8.06. The lowest BCUT2D eigenvalue weighted by Crippen LogP contribution is -2.44. The summed E-state index contributed by atoms with van der Waals surface area (Å²) in [4.78, 5) is 39.9. The maximum atomic E-state index is 13.2. The first-order valence-corrected chi connectivity index (χ1v) is 11.0. The zero-order valence-corrected chi connectivity index (χ0v) is 18.4. The summed E-state index contributed by atoms with van der Waals surface area (Å²) in [5.74, 6) is -2.38. The Kier molecular flexibility index (Phi) is 7.34. The van der Waals surface area contributed by atoms with Crippen LogP contribution in [0.2, 0.25) is 0 Å². The molecule has 174 valence electrons. The summed E-state index contributed by atoms with van der Waals surface area (Å²) >= 11 is 0. The fraction of sp³-hybridized carbons (Fsp3) is 0.222. The molecule has 0 bridgehead atoms. The SMILES string of the molecule is O=C(OCc1ccccc1)[C@@H]1CC(C(O)c2ccccc2)C(=O)N1C(=O)OCc1ccccc1. The van der Waals surface area contributed by atoms with Gasteiger partial charge in [0, 0.05) is 0 Å². The fourth-order valence-corrected chi connectivity index (χ4v) is 3.96. The maximum absolute atomic E-state index is 13.2. The Morgan fingerprint density at radius 2 is 1.32 bits per heavy atom. The van der Waals surface area contributed by atoms with Crippen molar-refractivity contribution in [1.82, 2.24) is 4.90 Å². The van der Waals surface area contributed by atoms with Gasteiger partial charge in [-0.2, -0.15) is 0 Å². The van der Waals surface area contributed by atoms with Crippen molar-refractivity contribution >= 4 is 18.0 Å². The van der Waals surface area contributed by atoms with E-state index in [1.165, 1.54) is 0 Å². The molecule has 0 aliphatic carbocycles. The number of benzene rings is 3. The Balaban J connectivity index is 1.51. The van der Waals surface area contributed by atoms with Crippen LogP contribution < -0.4 is 0 Å². The summed E-state index contributed by atoms with van der Waals surface area (Å²) in [5.41, 5.74) is 2.04. The van der Waals surface area contributed by atoms with Crippen LogP contribution in [0.25, 0.3) is 0 Å². The normalized spacial score (nSPS) is 18.4. The molecule has 34 heavy (non-hydrogen) atoms. The number of likely N-dealkylation sites (tertiary alicyclic amines) is 1. The molecular formula is C27H25NO6. The van der Waals surface area contributed by atoms with Crippen LogP contribution in [0.1, 0.15) is 29.2 Å². The molecule has 1 heterocycles. The molecule has 2 unspecified atom stereocenters. The predicted octanol–water partition coefficient (Wildman–Crippen LogP) is 4.02. The van der Waals surface area contributed by atoms with Crippen molar-refractivity contribution in [3.8, 4) is 0 Å². The summed E-state index contributed by atoms with van der Waals surface area (Å²) in [6, 6.07) is 25.6. The van der Waals surface area contributed by atoms with Gasteiger partial charge in [-0.25, -0.2) is 14.5 Å². The third-order valence-electron chi connectivity index (χ3n) is 5.76. The van der Waals surface area contributed by atoms with E-state index in [2.05, 4.69) is 0 Å². The van der Waals surface area contributed by atoms with Crippen LogP contribution in [0.5, 0.6) is 0 Å². The fourth-order valence-electron chi connectivity index (χ4n) is 3.96. The summed E-state index contributed by atoms with van der Waals surface area (Å²) < 4.78 is 10.8. The highest BCUT2D eigenvalue weighted by molar-refractivity contribution is 6.01. The van der Waals surface area contributed by atoms with Gasteiger partial charge >= 0.3 is 12.1 Å². The van der Waals surface area contributed by atoms with E-state index in [-0.39, 0.29) is 19.6 Å². The molecule has 0 saturated carbocycles. The average Bonchev–Trinajstić information content (AvgIpc) is 3.24. The third kappa shape index (κ3) is 5.32. The number of rotatable bonds is 7. The highest BCUT2D eigenvalue weighted by Gasteiger charge is 2.50. The molecule has 1 saturated heterocycles. The minimum atomic E-state index is -1.19. The van der Waals surface area contributed by atoms with E-state index in [4.69, 9.17) is 9.47 Å². The van der Waals surface area contributed by atoms with Crippen molar-refractivity contribution in [3.05, 3.63) is 108 Å². The highest BCUT2D eigenvalue weighted by Crippen LogP contribution is 2.36. The second-order valence-corrected chi connectivity index (χ2v) is 8.06. The van der Waals surface area contributed by atoms with Crippen molar-refractivity contribution in [2.24, 2.45) is 5.92 Å². The van der Waals surface area contributed by atoms with Crippen molar-refractivity contribution in [3.63, 3.8) is 0 Å². The Morgan fingerprint density at radius 3 is 1.88 bits per heavy atom. The Morgan fingerprint density at radius 1 is 0.824 bits per heavy atom. The smallest absolute Gasteiger partial charge is 0.417 e. The van der Waals surface area contributed by atoms with Gasteiger partial charge in [0.2, 0.25) is 5.91 Å². The Bertz CT molecular complexity index is 1120. The lowest BCUT2D eigenvalue weighted by molar-refractivity contribution is -0.152. The van der Waals surface area contributed by atoms with E-state index < -0.39 is 36.0 Å². The van der Waals surface area contributed by atoms with Crippen LogP contribution in [-0.2, 0) is 32.3 Å². The molecule has 1 aliphatic rings. The molecular weight excluding hydrogens is 434 g/mol. The van der Waals surface area contributed by atoms with Gasteiger partial charge in [-0.15, -0.1) is 0 Å². The highest BCUT2D eigenvalue weighted by atomic mass is 16.6. The molecule has 4 rings (SSSR count). The van der Waals surface area contributed by atoms with Crippen LogP contribution in [0, 0.1) is 5.92 Å². The number of hydrogen-bond acceptors (Lipinski definition) is 6. The number of aliphatic hydroxyl groups is 1. The lowest BCUT2D eigenvalue weighted by atomic mass is 9.93. The second kappa shape index (κ2) is 10.8. The predicted molar refractivity (Wildman–Crippen MR) is 123 cm³/mol. The number of carbonyl (C=O) groups is 3. The quantitative estimate of drug-likeness (QED) is 0.537. The minimum absolute atomic E-state index is 0.00315. The van der Waals surface area contributed by atoms with E-state index in [0.29, 0.717) is 5.56 Å². The number of esters is 1. The topological polar surface area (TPSA) is 93.1 Å².